The SMILES string of the molecule is Cn1cnc(OCCCOc2cccc(CNC(=O)c3nc4scc(-c5cccc(Cl)c5)c4c(=O)[nH]3)c2)n1. The fraction of sp³-hybridized carbons (Fsp3) is 0.192. The molecule has 5 aromatic rings. The number of fused-ring (bicyclic) bond motifs is 1. The van der Waals surface area contributed by atoms with Crippen molar-refractivity contribution in [2.75, 3.05) is 13.2 Å². The fourth-order valence-electron chi connectivity index (χ4n) is 3.73. The molecule has 0 aliphatic rings. The molecule has 194 valence electrons. The van der Waals surface area contributed by atoms with Gasteiger partial charge in [-0.3, -0.25) is 14.3 Å². The number of carbonyl (C=O) groups excluding carboxylic acids is 1. The summed E-state index contributed by atoms with van der Waals surface area (Å²) in [5, 5.41) is 9.70. The van der Waals surface area contributed by atoms with Gasteiger partial charge in [-0.1, -0.05) is 35.9 Å². The zero-order valence-corrected chi connectivity index (χ0v) is 21.9. The van der Waals surface area contributed by atoms with E-state index in [-0.39, 0.29) is 17.9 Å². The Hall–Kier alpha value is -4.22. The van der Waals surface area contributed by atoms with Crippen LogP contribution < -0.4 is 20.3 Å². The molecule has 3 aromatic heterocycles. The Kier molecular flexibility index (Phi) is 7.66. The lowest BCUT2D eigenvalue weighted by molar-refractivity contribution is 0.0940. The van der Waals surface area contributed by atoms with Crippen molar-refractivity contribution in [3.8, 4) is 22.9 Å². The van der Waals surface area contributed by atoms with Crippen LogP contribution in [0, 0.1) is 0 Å². The predicted octanol–water partition coefficient (Wildman–Crippen LogP) is 4.21. The first-order chi connectivity index (χ1) is 18.5. The minimum absolute atomic E-state index is 0.0446. The van der Waals surface area contributed by atoms with Gasteiger partial charge in [-0.25, -0.2) is 4.98 Å². The summed E-state index contributed by atoms with van der Waals surface area (Å²) in [6.45, 7) is 1.12. The number of aromatic amines is 1. The number of amides is 1. The van der Waals surface area contributed by atoms with E-state index in [4.69, 9.17) is 21.1 Å². The van der Waals surface area contributed by atoms with E-state index in [0.717, 1.165) is 16.7 Å². The van der Waals surface area contributed by atoms with Gasteiger partial charge in [0.25, 0.3) is 11.5 Å². The highest BCUT2D eigenvalue weighted by molar-refractivity contribution is 7.17. The smallest absolute Gasteiger partial charge is 0.335 e. The highest BCUT2D eigenvalue weighted by Crippen LogP contribution is 2.31. The number of nitrogens with zero attached hydrogens (tertiary/aromatic N) is 4. The number of halogens is 1. The number of ether oxygens (including phenoxy) is 2. The zero-order valence-electron chi connectivity index (χ0n) is 20.3. The van der Waals surface area contributed by atoms with Gasteiger partial charge in [0.2, 0.25) is 5.82 Å². The molecule has 38 heavy (non-hydrogen) atoms. The van der Waals surface area contributed by atoms with Crippen LogP contribution in [0.1, 0.15) is 22.6 Å². The number of thiophene rings is 1. The molecule has 0 saturated carbocycles. The lowest BCUT2D eigenvalue weighted by atomic mass is 10.1. The molecule has 12 heteroatoms. The van der Waals surface area contributed by atoms with Crippen LogP contribution in [-0.4, -0.2) is 43.9 Å². The van der Waals surface area contributed by atoms with E-state index in [2.05, 4.69) is 25.4 Å². The van der Waals surface area contributed by atoms with Crippen molar-refractivity contribution in [1.29, 1.82) is 0 Å². The third-order valence-electron chi connectivity index (χ3n) is 5.51. The Balaban J connectivity index is 1.17. The molecule has 0 radical (unpaired) electrons. The lowest BCUT2D eigenvalue weighted by Gasteiger charge is -2.09. The summed E-state index contributed by atoms with van der Waals surface area (Å²) in [7, 11) is 1.77. The third-order valence-corrected chi connectivity index (χ3v) is 6.62. The van der Waals surface area contributed by atoms with E-state index >= 15 is 0 Å². The molecule has 10 nitrogen and oxygen atoms in total. The molecular weight excluding hydrogens is 528 g/mol. The van der Waals surface area contributed by atoms with Gasteiger partial charge in [-0.2, -0.15) is 4.98 Å². The largest absolute Gasteiger partial charge is 0.493 e. The number of carbonyl (C=O) groups is 1. The van der Waals surface area contributed by atoms with E-state index in [1.54, 1.807) is 30.2 Å². The Morgan fingerprint density at radius 2 is 2.00 bits per heavy atom. The van der Waals surface area contributed by atoms with E-state index in [1.165, 1.54) is 11.3 Å². The molecular formula is C26H23ClN6O4S. The summed E-state index contributed by atoms with van der Waals surface area (Å²) < 4.78 is 12.8. The standard InChI is InChI=1S/C26H23ClN6O4S/c1-33-15-29-26(32-33)37-10-4-9-36-19-8-2-5-16(11-19)13-28-24(35)22-30-23(34)21-20(14-38-25(21)31-22)17-6-3-7-18(27)12-17/h2-3,5-8,11-12,14-15H,4,9-10,13H2,1H3,(H,28,35)(H,30,31,34). The average molecular weight is 551 g/mol. The summed E-state index contributed by atoms with van der Waals surface area (Å²) in [6.07, 6.45) is 2.23. The predicted molar refractivity (Wildman–Crippen MR) is 145 cm³/mol. The molecule has 0 fully saturated rings. The van der Waals surface area contributed by atoms with Crippen molar-refractivity contribution in [2.45, 2.75) is 13.0 Å². The number of aromatic nitrogens is 5. The van der Waals surface area contributed by atoms with Crippen LogP contribution in [0.4, 0.5) is 0 Å². The topological polar surface area (TPSA) is 124 Å². The first-order valence-electron chi connectivity index (χ1n) is 11.7. The first-order valence-corrected chi connectivity index (χ1v) is 13.0. The van der Waals surface area contributed by atoms with Gasteiger partial charge in [-0.05, 0) is 35.4 Å². The van der Waals surface area contributed by atoms with Crippen LogP contribution in [0.2, 0.25) is 5.02 Å². The quantitative estimate of drug-likeness (QED) is 0.250. The molecule has 0 atom stereocenters. The molecule has 0 spiro atoms. The van der Waals surface area contributed by atoms with Gasteiger partial charge < -0.3 is 19.8 Å². The zero-order chi connectivity index (χ0) is 26.5. The summed E-state index contributed by atoms with van der Waals surface area (Å²) >= 11 is 7.41. The number of benzene rings is 2. The number of aryl methyl sites for hydroxylation is 1. The fourth-order valence-corrected chi connectivity index (χ4v) is 4.87. The molecule has 2 N–H and O–H groups in total. The monoisotopic (exact) mass is 550 g/mol. The van der Waals surface area contributed by atoms with Gasteiger partial charge in [-0.15, -0.1) is 16.4 Å². The van der Waals surface area contributed by atoms with Crippen molar-refractivity contribution in [3.05, 3.63) is 87.0 Å². The third kappa shape index (κ3) is 6.01. The van der Waals surface area contributed by atoms with Crippen molar-refractivity contribution >= 4 is 39.1 Å². The normalized spacial score (nSPS) is 11.0. The Bertz CT molecular complexity index is 1650. The molecule has 0 aliphatic carbocycles. The van der Waals surface area contributed by atoms with Gasteiger partial charge in [0.15, 0.2) is 0 Å². The van der Waals surface area contributed by atoms with E-state index in [0.29, 0.717) is 46.6 Å². The Labute approximate surface area is 226 Å². The van der Waals surface area contributed by atoms with Crippen LogP contribution in [0.5, 0.6) is 11.8 Å². The highest BCUT2D eigenvalue weighted by Gasteiger charge is 2.16. The molecule has 0 unspecified atom stereocenters. The van der Waals surface area contributed by atoms with Crippen LogP contribution in [0.3, 0.4) is 0 Å². The van der Waals surface area contributed by atoms with Crippen LogP contribution in [0.25, 0.3) is 21.3 Å². The van der Waals surface area contributed by atoms with Crippen LogP contribution >= 0.6 is 22.9 Å². The number of rotatable bonds is 10. The minimum Gasteiger partial charge on any atom is -0.493 e. The number of nitrogens with one attached hydrogen (secondary N) is 2. The van der Waals surface area contributed by atoms with Crippen molar-refractivity contribution in [2.24, 2.45) is 7.05 Å². The Morgan fingerprint density at radius 1 is 1.16 bits per heavy atom. The summed E-state index contributed by atoms with van der Waals surface area (Å²) in [4.78, 5) is 37.1. The second-order valence-electron chi connectivity index (χ2n) is 8.34. The second-order valence-corrected chi connectivity index (χ2v) is 9.63. The van der Waals surface area contributed by atoms with Gasteiger partial charge in [0.05, 0.1) is 18.6 Å². The number of hydrogen-bond donors (Lipinski definition) is 2. The molecule has 0 bridgehead atoms. The molecule has 1 amide bonds. The van der Waals surface area contributed by atoms with Gasteiger partial charge in [0, 0.05) is 36.0 Å². The molecule has 0 aliphatic heterocycles. The minimum atomic E-state index is -0.478. The highest BCUT2D eigenvalue weighted by atomic mass is 35.5. The van der Waals surface area contributed by atoms with Crippen molar-refractivity contribution in [1.82, 2.24) is 30.0 Å². The summed E-state index contributed by atoms with van der Waals surface area (Å²) in [5.41, 5.74) is 2.00. The number of H-pyrrole nitrogens is 1. The maximum absolute atomic E-state index is 12.9. The average Bonchev–Trinajstić information content (AvgIpc) is 3.53. The molecule has 2 aromatic carbocycles. The van der Waals surface area contributed by atoms with E-state index in [9.17, 15) is 9.59 Å². The number of hydrogen-bond acceptors (Lipinski definition) is 8. The maximum Gasteiger partial charge on any atom is 0.335 e. The second kappa shape index (κ2) is 11.4. The molecule has 0 saturated heterocycles. The van der Waals surface area contributed by atoms with Crippen molar-refractivity contribution < 1.29 is 14.3 Å². The lowest BCUT2D eigenvalue weighted by Crippen LogP contribution is -2.27. The van der Waals surface area contributed by atoms with Crippen LogP contribution in [0.15, 0.2) is 65.0 Å². The summed E-state index contributed by atoms with van der Waals surface area (Å²) in [6, 6.07) is 15.0. The van der Waals surface area contributed by atoms with Crippen molar-refractivity contribution in [3.63, 3.8) is 0 Å². The molecule has 5 rings (SSSR count). The Morgan fingerprint density at radius 3 is 2.82 bits per heavy atom. The molecule has 3 heterocycles. The first kappa shape index (κ1) is 25.4. The van der Waals surface area contributed by atoms with Gasteiger partial charge >= 0.3 is 6.01 Å². The van der Waals surface area contributed by atoms with E-state index < -0.39 is 5.91 Å². The maximum atomic E-state index is 12.9. The van der Waals surface area contributed by atoms with E-state index in [1.807, 2.05) is 41.8 Å². The summed E-state index contributed by atoms with van der Waals surface area (Å²) in [5.74, 6) is 0.151. The van der Waals surface area contributed by atoms with Gasteiger partial charge in [0.1, 0.15) is 16.9 Å². The van der Waals surface area contributed by atoms with Crippen LogP contribution in [-0.2, 0) is 13.6 Å².